The summed E-state index contributed by atoms with van der Waals surface area (Å²) >= 11 is 3.16. The lowest BCUT2D eigenvalue weighted by atomic mass is 9.84. The number of carboxylic acid groups (broad SMARTS) is 1. The first kappa shape index (κ1) is 15.8. The number of para-hydroxylation sites is 1. The summed E-state index contributed by atoms with van der Waals surface area (Å²) in [5.41, 5.74) is 0.0395. The number of amides is 2. The van der Waals surface area contributed by atoms with Crippen LogP contribution in [0.4, 0.5) is 14.9 Å². The second kappa shape index (κ2) is 6.89. The average Bonchev–Trinajstić information content (AvgIpc) is 2.43. The lowest BCUT2D eigenvalue weighted by Crippen LogP contribution is -2.46. The highest BCUT2D eigenvalue weighted by Gasteiger charge is 2.31. The van der Waals surface area contributed by atoms with Crippen molar-refractivity contribution in [3.8, 4) is 0 Å². The molecule has 1 aromatic carbocycles. The van der Waals surface area contributed by atoms with E-state index in [0.29, 0.717) is 17.3 Å². The van der Waals surface area contributed by atoms with E-state index in [1.165, 1.54) is 12.1 Å². The van der Waals surface area contributed by atoms with Crippen molar-refractivity contribution < 1.29 is 19.1 Å². The zero-order valence-electron chi connectivity index (χ0n) is 11.2. The van der Waals surface area contributed by atoms with E-state index < -0.39 is 29.8 Å². The highest BCUT2D eigenvalue weighted by molar-refractivity contribution is 9.10. The summed E-state index contributed by atoms with van der Waals surface area (Å²) < 4.78 is 14.1. The Hall–Kier alpha value is -1.63. The third-order valence-corrected chi connectivity index (χ3v) is 4.26. The van der Waals surface area contributed by atoms with Crippen LogP contribution >= 0.6 is 15.9 Å². The van der Waals surface area contributed by atoms with Gasteiger partial charge in [-0.25, -0.2) is 9.18 Å². The molecule has 0 heterocycles. The predicted molar refractivity (Wildman–Crippen MR) is 79.6 cm³/mol. The van der Waals surface area contributed by atoms with Crippen molar-refractivity contribution in [3.05, 3.63) is 28.5 Å². The molecule has 0 saturated heterocycles. The van der Waals surface area contributed by atoms with E-state index in [4.69, 9.17) is 5.11 Å². The van der Waals surface area contributed by atoms with Gasteiger partial charge in [0, 0.05) is 10.5 Å². The highest BCUT2D eigenvalue weighted by atomic mass is 79.9. The van der Waals surface area contributed by atoms with Gasteiger partial charge in [-0.05, 0) is 40.9 Å². The smallest absolute Gasteiger partial charge is 0.319 e. The summed E-state index contributed by atoms with van der Waals surface area (Å²) in [7, 11) is 0. The molecule has 2 unspecified atom stereocenters. The number of carbonyl (C=O) groups is 2. The maximum absolute atomic E-state index is 13.6. The number of carboxylic acids is 1. The predicted octanol–water partition coefficient (Wildman–Crippen LogP) is 3.35. The maximum Gasteiger partial charge on any atom is 0.319 e. The summed E-state index contributed by atoms with van der Waals surface area (Å²) in [5.74, 6) is -2.06. The van der Waals surface area contributed by atoms with E-state index in [1.807, 2.05) is 0 Å². The van der Waals surface area contributed by atoms with Gasteiger partial charge in [-0.3, -0.25) is 4.79 Å². The topological polar surface area (TPSA) is 78.4 Å². The largest absolute Gasteiger partial charge is 0.481 e. The van der Waals surface area contributed by atoms with E-state index in [0.717, 1.165) is 12.8 Å². The van der Waals surface area contributed by atoms with Gasteiger partial charge in [0.25, 0.3) is 0 Å². The molecule has 1 aliphatic rings. The van der Waals surface area contributed by atoms with Crippen molar-refractivity contribution in [2.75, 3.05) is 5.32 Å². The van der Waals surface area contributed by atoms with Crippen LogP contribution in [-0.4, -0.2) is 23.1 Å². The Balaban J connectivity index is 2.02. The molecule has 21 heavy (non-hydrogen) atoms. The molecular weight excluding hydrogens is 343 g/mol. The zero-order chi connectivity index (χ0) is 15.4. The third kappa shape index (κ3) is 3.93. The molecule has 1 aromatic rings. The van der Waals surface area contributed by atoms with Crippen LogP contribution in [0, 0.1) is 11.7 Å². The monoisotopic (exact) mass is 358 g/mol. The van der Waals surface area contributed by atoms with Crippen molar-refractivity contribution in [1.82, 2.24) is 5.32 Å². The molecule has 0 radical (unpaired) electrons. The fourth-order valence-electron chi connectivity index (χ4n) is 2.53. The van der Waals surface area contributed by atoms with Crippen LogP contribution in [0.3, 0.4) is 0 Å². The molecule has 7 heteroatoms. The first-order valence-electron chi connectivity index (χ1n) is 6.73. The quantitative estimate of drug-likeness (QED) is 0.775. The zero-order valence-corrected chi connectivity index (χ0v) is 12.8. The van der Waals surface area contributed by atoms with E-state index in [-0.39, 0.29) is 5.69 Å². The number of aliphatic carboxylic acids is 1. The van der Waals surface area contributed by atoms with E-state index in [2.05, 4.69) is 26.6 Å². The maximum atomic E-state index is 13.6. The molecule has 0 aliphatic heterocycles. The first-order chi connectivity index (χ1) is 9.99. The van der Waals surface area contributed by atoms with Crippen LogP contribution in [0.1, 0.15) is 25.7 Å². The fourth-order valence-corrected chi connectivity index (χ4v) is 2.98. The number of hydrogen-bond donors (Lipinski definition) is 3. The van der Waals surface area contributed by atoms with Gasteiger partial charge in [0.1, 0.15) is 5.82 Å². The van der Waals surface area contributed by atoms with Gasteiger partial charge in [-0.1, -0.05) is 18.9 Å². The molecule has 0 aromatic heterocycles. The fraction of sp³-hybridized carbons (Fsp3) is 0.429. The molecule has 0 bridgehead atoms. The van der Waals surface area contributed by atoms with Gasteiger partial charge >= 0.3 is 12.0 Å². The first-order valence-corrected chi connectivity index (χ1v) is 7.52. The molecule has 1 aliphatic carbocycles. The third-order valence-electron chi connectivity index (χ3n) is 3.60. The Morgan fingerprint density at radius 1 is 1.29 bits per heavy atom. The van der Waals surface area contributed by atoms with Crippen molar-refractivity contribution in [1.29, 1.82) is 0 Å². The van der Waals surface area contributed by atoms with Gasteiger partial charge in [0.05, 0.1) is 11.6 Å². The molecular formula is C14H16BrFN2O3. The summed E-state index contributed by atoms with van der Waals surface area (Å²) in [6, 6.07) is 3.34. The number of nitrogens with one attached hydrogen (secondary N) is 2. The van der Waals surface area contributed by atoms with Gasteiger partial charge in [-0.15, -0.1) is 0 Å². The number of carbonyl (C=O) groups excluding carboxylic acids is 1. The van der Waals surface area contributed by atoms with E-state index in [9.17, 15) is 14.0 Å². The Bertz CT molecular complexity index is 533. The minimum Gasteiger partial charge on any atom is -0.481 e. The van der Waals surface area contributed by atoms with Gasteiger partial charge in [0.2, 0.25) is 0 Å². The summed E-state index contributed by atoms with van der Waals surface area (Å²) in [6.07, 6.45) is 2.88. The Kier molecular flexibility index (Phi) is 5.17. The van der Waals surface area contributed by atoms with Crippen LogP contribution in [0.2, 0.25) is 0 Å². The molecule has 114 valence electrons. The summed E-state index contributed by atoms with van der Waals surface area (Å²) in [5, 5.41) is 14.2. The molecule has 2 atom stereocenters. The second-order valence-corrected chi connectivity index (χ2v) is 5.89. The molecule has 5 nitrogen and oxygen atoms in total. The second-order valence-electron chi connectivity index (χ2n) is 5.03. The molecule has 1 fully saturated rings. The minimum atomic E-state index is -0.910. The van der Waals surface area contributed by atoms with Crippen molar-refractivity contribution in [3.63, 3.8) is 0 Å². The van der Waals surface area contributed by atoms with Crippen LogP contribution in [-0.2, 0) is 4.79 Å². The van der Waals surface area contributed by atoms with Gasteiger partial charge in [0.15, 0.2) is 0 Å². The van der Waals surface area contributed by atoms with Crippen molar-refractivity contribution in [2.45, 2.75) is 31.7 Å². The number of anilines is 1. The number of benzene rings is 1. The summed E-state index contributed by atoms with van der Waals surface area (Å²) in [4.78, 5) is 23.1. The van der Waals surface area contributed by atoms with Crippen LogP contribution in [0.25, 0.3) is 0 Å². The average molecular weight is 359 g/mol. The minimum absolute atomic E-state index is 0.0395. The normalized spacial score (nSPS) is 21.6. The molecule has 2 rings (SSSR count). The number of halogens is 2. The van der Waals surface area contributed by atoms with E-state index in [1.54, 1.807) is 6.07 Å². The standard InChI is InChI=1S/C14H16BrFN2O3/c15-9-5-3-6-10(16)12(9)18-14(21)17-11-7-2-1-4-8(11)13(19)20/h3,5-6,8,11H,1-2,4,7H2,(H,19,20)(H2,17,18,21). The number of rotatable bonds is 3. The van der Waals surface area contributed by atoms with Crippen LogP contribution in [0.5, 0.6) is 0 Å². The molecule has 0 spiro atoms. The molecule has 3 N–H and O–H groups in total. The van der Waals surface area contributed by atoms with Crippen LogP contribution < -0.4 is 10.6 Å². The van der Waals surface area contributed by atoms with Crippen molar-refractivity contribution >= 4 is 33.6 Å². The SMILES string of the molecule is O=C(Nc1c(F)cccc1Br)NC1CCCCC1C(=O)O. The Morgan fingerprint density at radius 3 is 2.67 bits per heavy atom. The summed E-state index contributed by atoms with van der Waals surface area (Å²) in [6.45, 7) is 0. The van der Waals surface area contributed by atoms with Gasteiger partial charge < -0.3 is 15.7 Å². The lowest BCUT2D eigenvalue weighted by molar-refractivity contribution is -0.143. The van der Waals surface area contributed by atoms with Crippen LogP contribution in [0.15, 0.2) is 22.7 Å². The highest BCUT2D eigenvalue weighted by Crippen LogP contribution is 2.27. The Morgan fingerprint density at radius 2 is 2.00 bits per heavy atom. The van der Waals surface area contributed by atoms with Gasteiger partial charge in [-0.2, -0.15) is 0 Å². The lowest BCUT2D eigenvalue weighted by Gasteiger charge is -2.29. The van der Waals surface area contributed by atoms with Crippen molar-refractivity contribution in [2.24, 2.45) is 5.92 Å². The molecule has 2 amide bonds. The number of hydrogen-bond acceptors (Lipinski definition) is 2. The molecule has 1 saturated carbocycles. The number of urea groups is 1. The Labute approximate surface area is 130 Å². The van der Waals surface area contributed by atoms with E-state index >= 15 is 0 Å².